The van der Waals surface area contributed by atoms with E-state index in [2.05, 4.69) is 12.8 Å². The molecule has 0 aromatic heterocycles. The number of esters is 1. The van der Waals surface area contributed by atoms with Crippen LogP contribution >= 0.6 is 0 Å². The van der Waals surface area contributed by atoms with Gasteiger partial charge in [0, 0.05) is 18.8 Å². The van der Waals surface area contributed by atoms with Gasteiger partial charge in [0.1, 0.15) is 0 Å². The lowest BCUT2D eigenvalue weighted by molar-refractivity contribution is -0.167. The fourth-order valence-corrected chi connectivity index (χ4v) is 6.86. The molecular formula is C22H28O3. The highest BCUT2D eigenvalue weighted by atomic mass is 16.6. The van der Waals surface area contributed by atoms with Crippen LogP contribution in [0.5, 0.6) is 0 Å². The van der Waals surface area contributed by atoms with Gasteiger partial charge in [0.05, 0.1) is 0 Å². The molecular weight excluding hydrogens is 312 g/mol. The molecule has 0 unspecified atom stereocenters. The zero-order chi connectivity index (χ0) is 17.8. The third kappa shape index (κ3) is 2.33. The van der Waals surface area contributed by atoms with Crippen LogP contribution in [0.25, 0.3) is 0 Å². The van der Waals surface area contributed by atoms with Gasteiger partial charge < -0.3 is 4.74 Å². The first-order chi connectivity index (χ1) is 11.9. The lowest BCUT2D eigenvalue weighted by Gasteiger charge is -2.55. The molecule has 6 atom stereocenters. The molecule has 4 aliphatic carbocycles. The Hall–Kier alpha value is -1.56. The predicted molar refractivity (Wildman–Crippen MR) is 95.4 cm³/mol. The van der Waals surface area contributed by atoms with Gasteiger partial charge >= 0.3 is 5.97 Å². The van der Waals surface area contributed by atoms with Crippen LogP contribution in [0.15, 0.2) is 11.6 Å². The van der Waals surface area contributed by atoms with Crippen molar-refractivity contribution in [2.75, 3.05) is 0 Å². The van der Waals surface area contributed by atoms with Gasteiger partial charge in [-0.15, -0.1) is 6.42 Å². The van der Waals surface area contributed by atoms with Crippen molar-refractivity contribution in [1.29, 1.82) is 0 Å². The Morgan fingerprint density at radius 2 is 2.00 bits per heavy atom. The lowest BCUT2D eigenvalue weighted by Crippen LogP contribution is -2.53. The zero-order valence-electron chi connectivity index (χ0n) is 15.3. The molecule has 134 valence electrons. The van der Waals surface area contributed by atoms with Gasteiger partial charge in [0.15, 0.2) is 11.4 Å². The van der Waals surface area contributed by atoms with Crippen molar-refractivity contribution < 1.29 is 14.3 Å². The van der Waals surface area contributed by atoms with Crippen molar-refractivity contribution in [3.8, 4) is 12.3 Å². The minimum Gasteiger partial charge on any atom is -0.445 e. The molecule has 0 amide bonds. The molecule has 3 fully saturated rings. The van der Waals surface area contributed by atoms with Crippen LogP contribution in [0.3, 0.4) is 0 Å². The molecule has 0 aliphatic heterocycles. The Kier molecular flexibility index (Phi) is 3.87. The maximum absolute atomic E-state index is 11.8. The van der Waals surface area contributed by atoms with E-state index in [1.165, 1.54) is 12.5 Å². The van der Waals surface area contributed by atoms with Gasteiger partial charge in [0.25, 0.3) is 0 Å². The normalized spacial score (nSPS) is 45.5. The second-order valence-electron chi connectivity index (χ2n) is 8.86. The molecule has 0 bridgehead atoms. The van der Waals surface area contributed by atoms with Gasteiger partial charge in [-0.3, -0.25) is 9.59 Å². The number of allylic oxidation sites excluding steroid dienone is 1. The van der Waals surface area contributed by atoms with Gasteiger partial charge in [-0.05, 0) is 74.7 Å². The Labute approximate surface area is 150 Å². The molecule has 0 aromatic rings. The Morgan fingerprint density at radius 1 is 1.20 bits per heavy atom. The van der Waals surface area contributed by atoms with Crippen LogP contribution in [0, 0.1) is 41.4 Å². The SMILES string of the molecule is C#C[C@]1(OC(C)=O)CC[C@@H]2[C@H]3CCC4=CC(=O)CC[C@@H]4[C@@H]3CC[C@@]21C. The van der Waals surface area contributed by atoms with E-state index in [-0.39, 0.29) is 11.4 Å². The lowest BCUT2D eigenvalue weighted by atomic mass is 9.50. The molecule has 0 N–H and O–H groups in total. The third-order valence-electron chi connectivity index (χ3n) is 7.97. The van der Waals surface area contributed by atoms with E-state index in [9.17, 15) is 9.59 Å². The summed E-state index contributed by atoms with van der Waals surface area (Å²) in [6.45, 7) is 3.73. The van der Waals surface area contributed by atoms with E-state index in [1.54, 1.807) is 0 Å². The minimum atomic E-state index is -0.729. The fourth-order valence-electron chi connectivity index (χ4n) is 6.86. The average molecular weight is 340 g/mol. The zero-order valence-corrected chi connectivity index (χ0v) is 15.3. The first-order valence-electron chi connectivity index (χ1n) is 9.81. The number of fused-ring (bicyclic) bond motifs is 5. The number of carbonyl (C=O) groups excluding carboxylic acids is 2. The van der Waals surface area contributed by atoms with E-state index >= 15 is 0 Å². The quantitative estimate of drug-likeness (QED) is 0.534. The summed E-state index contributed by atoms with van der Waals surface area (Å²) in [7, 11) is 0. The van der Waals surface area contributed by atoms with Gasteiger partial charge in [-0.25, -0.2) is 0 Å². The molecule has 4 aliphatic rings. The summed E-state index contributed by atoms with van der Waals surface area (Å²) in [5.74, 6) is 5.41. The molecule has 0 radical (unpaired) electrons. The summed E-state index contributed by atoms with van der Waals surface area (Å²) in [6, 6.07) is 0. The average Bonchev–Trinajstić information content (AvgIpc) is 2.87. The second-order valence-corrected chi connectivity index (χ2v) is 8.86. The minimum absolute atomic E-state index is 0.111. The molecule has 4 rings (SSSR count). The summed E-state index contributed by atoms with van der Waals surface area (Å²) < 4.78 is 5.79. The highest BCUT2D eigenvalue weighted by Crippen LogP contribution is 2.65. The van der Waals surface area contributed by atoms with Crippen LogP contribution in [0.4, 0.5) is 0 Å². The van der Waals surface area contributed by atoms with Crippen molar-refractivity contribution in [3.63, 3.8) is 0 Å². The fraction of sp³-hybridized carbons (Fsp3) is 0.727. The Morgan fingerprint density at radius 3 is 2.72 bits per heavy atom. The predicted octanol–water partition coefficient (Wildman–Crippen LogP) is 4.06. The van der Waals surface area contributed by atoms with Gasteiger partial charge in [-0.1, -0.05) is 18.4 Å². The topological polar surface area (TPSA) is 43.4 Å². The summed E-state index contributed by atoms with van der Waals surface area (Å²) in [5.41, 5.74) is 0.565. The molecule has 3 saturated carbocycles. The molecule has 3 nitrogen and oxygen atoms in total. The summed E-state index contributed by atoms with van der Waals surface area (Å²) in [4.78, 5) is 23.5. The number of terminal acetylenes is 1. The summed E-state index contributed by atoms with van der Waals surface area (Å²) >= 11 is 0. The van der Waals surface area contributed by atoms with Crippen molar-refractivity contribution in [2.24, 2.45) is 29.1 Å². The number of hydrogen-bond donors (Lipinski definition) is 0. The monoisotopic (exact) mass is 340 g/mol. The Balaban J connectivity index is 1.64. The third-order valence-corrected chi connectivity index (χ3v) is 7.97. The van der Waals surface area contributed by atoms with E-state index < -0.39 is 5.60 Å². The molecule has 0 saturated heterocycles. The number of ether oxygens (including phenoxy) is 1. The van der Waals surface area contributed by atoms with Gasteiger partial charge in [0.2, 0.25) is 0 Å². The van der Waals surface area contributed by atoms with Crippen LogP contribution in [0.1, 0.15) is 65.2 Å². The second kappa shape index (κ2) is 5.73. The Bertz CT molecular complexity index is 684. The van der Waals surface area contributed by atoms with Crippen LogP contribution < -0.4 is 0 Å². The highest BCUT2D eigenvalue weighted by Gasteiger charge is 2.64. The summed E-state index contributed by atoms with van der Waals surface area (Å²) in [6.07, 6.45) is 15.8. The maximum Gasteiger partial charge on any atom is 0.304 e. The van der Waals surface area contributed by atoms with Crippen molar-refractivity contribution in [2.45, 2.75) is 70.8 Å². The first kappa shape index (κ1) is 16.9. The van der Waals surface area contributed by atoms with Crippen LogP contribution in [-0.4, -0.2) is 17.4 Å². The largest absolute Gasteiger partial charge is 0.445 e. The van der Waals surface area contributed by atoms with E-state index in [0.29, 0.717) is 35.9 Å². The van der Waals surface area contributed by atoms with E-state index in [0.717, 1.165) is 44.9 Å². The first-order valence-corrected chi connectivity index (χ1v) is 9.81. The van der Waals surface area contributed by atoms with Crippen LogP contribution in [0.2, 0.25) is 0 Å². The van der Waals surface area contributed by atoms with Crippen molar-refractivity contribution in [3.05, 3.63) is 11.6 Å². The smallest absolute Gasteiger partial charge is 0.304 e. The number of hydrogen-bond acceptors (Lipinski definition) is 3. The molecule has 25 heavy (non-hydrogen) atoms. The summed E-state index contributed by atoms with van der Waals surface area (Å²) in [5, 5.41) is 0. The standard InChI is InChI=1S/C22H28O3/c1-4-22(25-14(2)23)12-10-20-19-7-5-15-13-16(24)6-8-17(15)18(19)9-11-21(20,22)3/h1,13,17-20H,5-12H2,2-3H3/t17-,18-,19-,20+,21-,22-/m0/s1. The van der Waals surface area contributed by atoms with Crippen molar-refractivity contribution >= 4 is 11.8 Å². The maximum atomic E-state index is 11.8. The molecule has 0 heterocycles. The number of rotatable bonds is 1. The van der Waals surface area contributed by atoms with Crippen LogP contribution in [-0.2, 0) is 14.3 Å². The van der Waals surface area contributed by atoms with Gasteiger partial charge in [-0.2, -0.15) is 0 Å². The molecule has 0 spiro atoms. The highest BCUT2D eigenvalue weighted by molar-refractivity contribution is 5.91. The number of carbonyl (C=O) groups is 2. The number of ketones is 1. The van der Waals surface area contributed by atoms with E-state index in [1.807, 2.05) is 6.08 Å². The van der Waals surface area contributed by atoms with E-state index in [4.69, 9.17) is 11.2 Å². The van der Waals surface area contributed by atoms with Crippen molar-refractivity contribution in [1.82, 2.24) is 0 Å². The molecule has 0 aromatic carbocycles. The molecule has 3 heteroatoms.